The summed E-state index contributed by atoms with van der Waals surface area (Å²) in [6, 6.07) is 15.4. The molecule has 1 saturated carbocycles. The maximum atomic E-state index is 5.29. The molecule has 1 fully saturated rings. The van der Waals surface area contributed by atoms with Crippen LogP contribution in [0.1, 0.15) is 30.0 Å². The Hall–Kier alpha value is -1.48. The van der Waals surface area contributed by atoms with E-state index in [0.717, 1.165) is 21.8 Å². The largest absolute Gasteiger partial charge is 0.496 e. The van der Waals surface area contributed by atoms with Crippen molar-refractivity contribution >= 4 is 21.6 Å². The van der Waals surface area contributed by atoms with E-state index in [-0.39, 0.29) is 0 Å². The van der Waals surface area contributed by atoms with E-state index < -0.39 is 0 Å². The molecule has 0 amide bonds. The van der Waals surface area contributed by atoms with Gasteiger partial charge in [0, 0.05) is 5.69 Å². The van der Waals surface area contributed by atoms with Gasteiger partial charge >= 0.3 is 0 Å². The molecule has 0 aromatic heterocycles. The van der Waals surface area contributed by atoms with Crippen LogP contribution in [0.4, 0.5) is 5.69 Å². The monoisotopic (exact) mass is 345 g/mol. The van der Waals surface area contributed by atoms with Gasteiger partial charge in [0.25, 0.3) is 0 Å². The highest BCUT2D eigenvalue weighted by Crippen LogP contribution is 2.43. The fraction of sp³-hybridized carbons (Fsp3) is 0.333. The van der Waals surface area contributed by atoms with Gasteiger partial charge in [-0.1, -0.05) is 29.8 Å². The molecule has 3 heteroatoms. The topological polar surface area (TPSA) is 21.3 Å². The predicted octanol–water partition coefficient (Wildman–Crippen LogP) is 5.33. The van der Waals surface area contributed by atoms with Crippen molar-refractivity contribution in [1.29, 1.82) is 0 Å². The summed E-state index contributed by atoms with van der Waals surface area (Å²) in [5, 5.41) is 3.68. The highest BCUT2D eigenvalue weighted by molar-refractivity contribution is 9.10. The van der Waals surface area contributed by atoms with Gasteiger partial charge in [-0.2, -0.15) is 0 Å². The molecular weight excluding hydrogens is 326 g/mol. The minimum Gasteiger partial charge on any atom is -0.496 e. The van der Waals surface area contributed by atoms with Gasteiger partial charge in [-0.3, -0.25) is 0 Å². The first-order chi connectivity index (χ1) is 10.2. The van der Waals surface area contributed by atoms with Crippen molar-refractivity contribution in [2.75, 3.05) is 12.4 Å². The Labute approximate surface area is 134 Å². The lowest BCUT2D eigenvalue weighted by atomic mass is 10.0. The number of hydrogen-bond donors (Lipinski definition) is 1. The van der Waals surface area contributed by atoms with Gasteiger partial charge in [0.15, 0.2) is 0 Å². The molecule has 0 bridgehead atoms. The number of benzene rings is 2. The van der Waals surface area contributed by atoms with Crippen LogP contribution in [0.15, 0.2) is 46.9 Å². The lowest BCUT2D eigenvalue weighted by molar-refractivity contribution is 0.412. The zero-order valence-corrected chi connectivity index (χ0v) is 14.0. The summed E-state index contributed by atoms with van der Waals surface area (Å²) in [6.45, 7) is 2.13. The number of anilines is 1. The molecular formula is C18H20BrNO. The van der Waals surface area contributed by atoms with Gasteiger partial charge in [0.1, 0.15) is 5.75 Å². The lowest BCUT2D eigenvalue weighted by Crippen LogP contribution is -2.13. The molecule has 2 aromatic rings. The third-order valence-electron chi connectivity index (χ3n) is 4.00. The average Bonchev–Trinajstić information content (AvgIpc) is 3.31. The number of aryl methyl sites for hydroxylation is 1. The van der Waals surface area contributed by atoms with Crippen LogP contribution < -0.4 is 10.1 Å². The molecule has 0 aliphatic heterocycles. The standard InChI is InChI=1S/C18H20BrNO/c1-12-3-5-13(6-4-12)18(14-7-8-14)20-15-9-10-17(21-2)16(19)11-15/h3-6,9-11,14,18,20H,7-8H2,1-2H3. The smallest absolute Gasteiger partial charge is 0.133 e. The number of nitrogens with one attached hydrogen (secondary N) is 1. The lowest BCUT2D eigenvalue weighted by Gasteiger charge is -2.21. The van der Waals surface area contributed by atoms with E-state index in [9.17, 15) is 0 Å². The first-order valence-electron chi connectivity index (χ1n) is 7.34. The van der Waals surface area contributed by atoms with Crippen molar-refractivity contribution in [1.82, 2.24) is 0 Å². The minimum absolute atomic E-state index is 0.394. The predicted molar refractivity (Wildman–Crippen MR) is 91.0 cm³/mol. The Morgan fingerprint density at radius 1 is 1.14 bits per heavy atom. The molecule has 1 aliphatic rings. The molecule has 21 heavy (non-hydrogen) atoms. The van der Waals surface area contributed by atoms with Crippen molar-refractivity contribution < 1.29 is 4.74 Å². The van der Waals surface area contributed by atoms with Crippen LogP contribution in [-0.2, 0) is 0 Å². The summed E-state index contributed by atoms with van der Waals surface area (Å²) in [5.41, 5.74) is 3.80. The Kier molecular flexibility index (Phi) is 4.20. The van der Waals surface area contributed by atoms with Crippen molar-refractivity contribution in [3.05, 3.63) is 58.1 Å². The van der Waals surface area contributed by atoms with Crippen molar-refractivity contribution in [2.24, 2.45) is 5.92 Å². The number of halogens is 1. The number of rotatable bonds is 5. The van der Waals surface area contributed by atoms with Crippen LogP contribution in [-0.4, -0.2) is 7.11 Å². The Balaban J connectivity index is 1.82. The summed E-state index contributed by atoms with van der Waals surface area (Å²) >= 11 is 3.55. The van der Waals surface area contributed by atoms with Crippen LogP contribution >= 0.6 is 15.9 Å². The van der Waals surface area contributed by atoms with Crippen LogP contribution in [0.5, 0.6) is 5.75 Å². The minimum atomic E-state index is 0.394. The second-order valence-corrected chi connectivity index (χ2v) is 6.57. The quantitative estimate of drug-likeness (QED) is 0.790. The molecule has 3 rings (SSSR count). The van der Waals surface area contributed by atoms with Gasteiger partial charge in [-0.15, -0.1) is 0 Å². The molecule has 2 nitrogen and oxygen atoms in total. The SMILES string of the molecule is COc1ccc(NC(c2ccc(C)cc2)C2CC2)cc1Br. The summed E-state index contributed by atoms with van der Waals surface area (Å²) < 4.78 is 6.27. The summed E-state index contributed by atoms with van der Waals surface area (Å²) in [5.74, 6) is 1.60. The van der Waals surface area contributed by atoms with E-state index in [0.29, 0.717) is 6.04 Å². The highest BCUT2D eigenvalue weighted by atomic mass is 79.9. The molecule has 0 heterocycles. The van der Waals surface area contributed by atoms with Crippen LogP contribution in [0.25, 0.3) is 0 Å². The summed E-state index contributed by atoms with van der Waals surface area (Å²) in [7, 11) is 1.69. The maximum absolute atomic E-state index is 5.29. The third kappa shape index (κ3) is 3.41. The molecule has 0 saturated heterocycles. The molecule has 1 unspecified atom stereocenters. The average molecular weight is 346 g/mol. The highest BCUT2D eigenvalue weighted by Gasteiger charge is 2.32. The Morgan fingerprint density at radius 2 is 1.86 bits per heavy atom. The van der Waals surface area contributed by atoms with E-state index in [1.54, 1.807) is 7.11 Å². The molecule has 2 aromatic carbocycles. The fourth-order valence-electron chi connectivity index (χ4n) is 2.61. The third-order valence-corrected chi connectivity index (χ3v) is 4.62. The van der Waals surface area contributed by atoms with Crippen LogP contribution in [0.3, 0.4) is 0 Å². The molecule has 1 N–H and O–H groups in total. The van der Waals surface area contributed by atoms with Gasteiger partial charge in [0.2, 0.25) is 0 Å². The van der Waals surface area contributed by atoms with E-state index in [1.807, 2.05) is 6.07 Å². The zero-order valence-electron chi connectivity index (χ0n) is 12.4. The first kappa shape index (κ1) is 14.5. The Morgan fingerprint density at radius 3 is 2.43 bits per heavy atom. The van der Waals surface area contributed by atoms with Crippen LogP contribution in [0, 0.1) is 12.8 Å². The molecule has 0 radical (unpaired) electrons. The molecule has 1 aliphatic carbocycles. The normalized spacial score (nSPS) is 15.6. The molecule has 1 atom stereocenters. The number of ether oxygens (including phenoxy) is 1. The van der Waals surface area contributed by atoms with Gasteiger partial charge in [0.05, 0.1) is 17.6 Å². The zero-order chi connectivity index (χ0) is 14.8. The second-order valence-electron chi connectivity index (χ2n) is 5.72. The van der Waals surface area contributed by atoms with Crippen molar-refractivity contribution in [3.8, 4) is 5.75 Å². The number of methoxy groups -OCH3 is 1. The van der Waals surface area contributed by atoms with E-state index in [4.69, 9.17) is 4.74 Å². The van der Waals surface area contributed by atoms with Gasteiger partial charge in [-0.25, -0.2) is 0 Å². The van der Waals surface area contributed by atoms with Crippen molar-refractivity contribution in [2.45, 2.75) is 25.8 Å². The molecule has 0 spiro atoms. The van der Waals surface area contributed by atoms with E-state index in [1.165, 1.54) is 24.0 Å². The fourth-order valence-corrected chi connectivity index (χ4v) is 3.15. The van der Waals surface area contributed by atoms with Crippen molar-refractivity contribution in [3.63, 3.8) is 0 Å². The Bertz CT molecular complexity index is 620. The first-order valence-corrected chi connectivity index (χ1v) is 8.13. The maximum Gasteiger partial charge on any atom is 0.133 e. The number of hydrogen-bond acceptors (Lipinski definition) is 2. The van der Waals surface area contributed by atoms with Gasteiger partial charge in [-0.05, 0) is 65.4 Å². The van der Waals surface area contributed by atoms with E-state index >= 15 is 0 Å². The van der Waals surface area contributed by atoms with E-state index in [2.05, 4.69) is 64.6 Å². The summed E-state index contributed by atoms with van der Waals surface area (Å²) in [6.07, 6.45) is 2.62. The van der Waals surface area contributed by atoms with Gasteiger partial charge < -0.3 is 10.1 Å². The van der Waals surface area contributed by atoms with Crippen LogP contribution in [0.2, 0.25) is 0 Å². The molecule has 110 valence electrons. The summed E-state index contributed by atoms with van der Waals surface area (Å²) in [4.78, 5) is 0. The second kappa shape index (κ2) is 6.10.